The molecule has 3 aromatic rings. The Bertz CT molecular complexity index is 944. The van der Waals surface area contributed by atoms with Crippen LogP contribution in [0.3, 0.4) is 0 Å². The first-order chi connectivity index (χ1) is 13.6. The van der Waals surface area contributed by atoms with Crippen LogP contribution < -0.4 is 19.5 Å². The third-order valence-corrected chi connectivity index (χ3v) is 4.98. The van der Waals surface area contributed by atoms with Crippen LogP contribution in [0, 0.1) is 0 Å². The molecule has 0 unspecified atom stereocenters. The standard InChI is InChI=1S/C20H19ClN2O4S/c1-25-17-8-3-13(11-18(17)26-2)20-23-16(12-28-20)19(24)22-9-10-27-15-6-4-14(21)5-7-15/h3-8,11-12H,9-10H2,1-2H3,(H,22,24). The molecule has 0 saturated heterocycles. The first-order valence-electron chi connectivity index (χ1n) is 8.45. The van der Waals surface area contributed by atoms with Gasteiger partial charge in [0.25, 0.3) is 5.91 Å². The van der Waals surface area contributed by atoms with E-state index in [4.69, 9.17) is 25.8 Å². The maximum absolute atomic E-state index is 12.3. The van der Waals surface area contributed by atoms with Crippen LogP contribution in [0.2, 0.25) is 5.02 Å². The van der Waals surface area contributed by atoms with Gasteiger partial charge in [-0.2, -0.15) is 0 Å². The number of rotatable bonds is 8. The molecule has 1 amide bonds. The van der Waals surface area contributed by atoms with E-state index in [1.807, 2.05) is 18.2 Å². The lowest BCUT2D eigenvalue weighted by atomic mass is 10.2. The number of methoxy groups -OCH3 is 2. The minimum Gasteiger partial charge on any atom is -0.493 e. The largest absolute Gasteiger partial charge is 0.493 e. The average Bonchev–Trinajstić information content (AvgIpc) is 3.22. The fraction of sp³-hybridized carbons (Fsp3) is 0.200. The maximum Gasteiger partial charge on any atom is 0.270 e. The van der Waals surface area contributed by atoms with Gasteiger partial charge in [-0.25, -0.2) is 4.98 Å². The van der Waals surface area contributed by atoms with Crippen LogP contribution >= 0.6 is 22.9 Å². The summed E-state index contributed by atoms with van der Waals surface area (Å²) in [6.07, 6.45) is 0. The van der Waals surface area contributed by atoms with E-state index in [1.165, 1.54) is 11.3 Å². The van der Waals surface area contributed by atoms with Crippen LogP contribution in [0.25, 0.3) is 10.6 Å². The van der Waals surface area contributed by atoms with E-state index in [2.05, 4.69) is 10.3 Å². The number of carbonyl (C=O) groups excluding carboxylic acids is 1. The number of benzene rings is 2. The average molecular weight is 419 g/mol. The molecule has 3 rings (SSSR count). The van der Waals surface area contributed by atoms with Crippen molar-refractivity contribution in [2.24, 2.45) is 0 Å². The summed E-state index contributed by atoms with van der Waals surface area (Å²) in [4.78, 5) is 16.7. The van der Waals surface area contributed by atoms with Crippen molar-refractivity contribution in [3.63, 3.8) is 0 Å². The van der Waals surface area contributed by atoms with Gasteiger partial charge in [-0.1, -0.05) is 11.6 Å². The Kier molecular flexibility index (Phi) is 6.73. The third-order valence-electron chi connectivity index (χ3n) is 3.84. The van der Waals surface area contributed by atoms with Crippen molar-refractivity contribution in [2.45, 2.75) is 0 Å². The molecule has 0 aliphatic rings. The van der Waals surface area contributed by atoms with E-state index < -0.39 is 0 Å². The number of carbonyl (C=O) groups is 1. The topological polar surface area (TPSA) is 69.7 Å². The number of amides is 1. The smallest absolute Gasteiger partial charge is 0.270 e. The number of aromatic nitrogens is 1. The minimum atomic E-state index is -0.248. The molecule has 28 heavy (non-hydrogen) atoms. The van der Waals surface area contributed by atoms with Gasteiger partial charge in [0, 0.05) is 16.0 Å². The molecular formula is C20H19ClN2O4S. The quantitative estimate of drug-likeness (QED) is 0.552. The van der Waals surface area contributed by atoms with Gasteiger partial charge in [0.05, 0.1) is 20.8 Å². The van der Waals surface area contributed by atoms with E-state index in [9.17, 15) is 4.79 Å². The van der Waals surface area contributed by atoms with E-state index >= 15 is 0 Å². The zero-order chi connectivity index (χ0) is 19.9. The minimum absolute atomic E-state index is 0.248. The molecule has 146 valence electrons. The molecule has 1 heterocycles. The summed E-state index contributed by atoms with van der Waals surface area (Å²) in [5.74, 6) is 1.70. The molecular weight excluding hydrogens is 400 g/mol. The zero-order valence-corrected chi connectivity index (χ0v) is 17.0. The molecule has 1 N–H and O–H groups in total. The van der Waals surface area contributed by atoms with Crippen LogP contribution in [0.1, 0.15) is 10.5 Å². The Morgan fingerprint density at radius 2 is 1.86 bits per heavy atom. The van der Waals surface area contributed by atoms with Gasteiger partial charge in [-0.3, -0.25) is 4.79 Å². The predicted octanol–water partition coefficient (Wildman–Crippen LogP) is 4.29. The Morgan fingerprint density at radius 3 is 2.57 bits per heavy atom. The summed E-state index contributed by atoms with van der Waals surface area (Å²) < 4.78 is 16.1. The van der Waals surface area contributed by atoms with Crippen molar-refractivity contribution in [3.05, 3.63) is 58.6 Å². The maximum atomic E-state index is 12.3. The summed E-state index contributed by atoms with van der Waals surface area (Å²) in [6, 6.07) is 12.6. The summed E-state index contributed by atoms with van der Waals surface area (Å²) in [6.45, 7) is 0.713. The van der Waals surface area contributed by atoms with Crippen molar-refractivity contribution in [1.82, 2.24) is 10.3 Å². The Morgan fingerprint density at radius 1 is 1.11 bits per heavy atom. The molecule has 0 aliphatic heterocycles. The highest BCUT2D eigenvalue weighted by atomic mass is 35.5. The van der Waals surface area contributed by atoms with Crippen LogP contribution in [0.15, 0.2) is 47.8 Å². The van der Waals surface area contributed by atoms with Gasteiger partial charge in [-0.05, 0) is 42.5 Å². The van der Waals surface area contributed by atoms with Crippen LogP contribution in [-0.4, -0.2) is 38.3 Å². The summed E-state index contributed by atoms with van der Waals surface area (Å²) in [7, 11) is 3.16. The van der Waals surface area contributed by atoms with Crippen LogP contribution in [0.5, 0.6) is 17.2 Å². The zero-order valence-electron chi connectivity index (χ0n) is 15.4. The lowest BCUT2D eigenvalue weighted by molar-refractivity contribution is 0.0943. The highest BCUT2D eigenvalue weighted by Crippen LogP contribution is 2.33. The third kappa shape index (κ3) is 4.94. The van der Waals surface area contributed by atoms with Crippen molar-refractivity contribution in [2.75, 3.05) is 27.4 Å². The molecule has 1 aromatic heterocycles. The van der Waals surface area contributed by atoms with Gasteiger partial charge in [0.15, 0.2) is 11.5 Å². The van der Waals surface area contributed by atoms with Gasteiger partial charge in [-0.15, -0.1) is 11.3 Å². The van der Waals surface area contributed by atoms with Crippen molar-refractivity contribution >= 4 is 28.8 Å². The Balaban J connectivity index is 1.56. The highest BCUT2D eigenvalue weighted by Gasteiger charge is 2.13. The lowest BCUT2D eigenvalue weighted by Gasteiger charge is -2.08. The van der Waals surface area contributed by atoms with E-state index in [-0.39, 0.29) is 5.91 Å². The second-order valence-corrected chi connectivity index (χ2v) is 6.96. The van der Waals surface area contributed by atoms with Crippen molar-refractivity contribution in [1.29, 1.82) is 0 Å². The SMILES string of the molecule is COc1ccc(-c2nc(C(=O)NCCOc3ccc(Cl)cc3)cs2)cc1OC. The fourth-order valence-corrected chi connectivity index (χ4v) is 3.36. The number of hydrogen-bond donors (Lipinski definition) is 1. The molecule has 0 fully saturated rings. The van der Waals surface area contributed by atoms with E-state index in [1.54, 1.807) is 43.9 Å². The molecule has 0 spiro atoms. The number of thiazole rings is 1. The second-order valence-electron chi connectivity index (χ2n) is 5.67. The van der Waals surface area contributed by atoms with E-state index in [0.717, 1.165) is 10.6 Å². The summed E-state index contributed by atoms with van der Waals surface area (Å²) in [5.41, 5.74) is 1.22. The van der Waals surface area contributed by atoms with Gasteiger partial charge >= 0.3 is 0 Å². The van der Waals surface area contributed by atoms with Gasteiger partial charge < -0.3 is 19.5 Å². The van der Waals surface area contributed by atoms with Crippen molar-refractivity contribution < 1.29 is 19.0 Å². The molecule has 0 atom stereocenters. The first-order valence-corrected chi connectivity index (χ1v) is 9.71. The number of hydrogen-bond acceptors (Lipinski definition) is 6. The predicted molar refractivity (Wildman–Crippen MR) is 110 cm³/mol. The molecule has 0 bridgehead atoms. The lowest BCUT2D eigenvalue weighted by Crippen LogP contribution is -2.28. The van der Waals surface area contributed by atoms with Gasteiger partial charge in [0.2, 0.25) is 0 Å². The molecule has 0 radical (unpaired) electrons. The molecule has 6 nitrogen and oxygen atoms in total. The van der Waals surface area contributed by atoms with Gasteiger partial charge in [0.1, 0.15) is 23.1 Å². The Labute approximate surface area is 172 Å². The summed E-state index contributed by atoms with van der Waals surface area (Å²) >= 11 is 7.22. The highest BCUT2D eigenvalue weighted by molar-refractivity contribution is 7.13. The number of nitrogens with zero attached hydrogens (tertiary/aromatic N) is 1. The monoisotopic (exact) mass is 418 g/mol. The van der Waals surface area contributed by atoms with Crippen LogP contribution in [-0.2, 0) is 0 Å². The Hall–Kier alpha value is -2.77. The normalized spacial score (nSPS) is 10.4. The number of halogens is 1. The number of ether oxygens (including phenoxy) is 3. The van der Waals surface area contributed by atoms with Crippen molar-refractivity contribution in [3.8, 4) is 27.8 Å². The second kappa shape index (κ2) is 9.43. The fourth-order valence-electron chi connectivity index (χ4n) is 2.43. The van der Waals surface area contributed by atoms with Crippen LogP contribution in [0.4, 0.5) is 0 Å². The molecule has 0 saturated carbocycles. The van der Waals surface area contributed by atoms with E-state index in [0.29, 0.717) is 41.1 Å². The summed E-state index contributed by atoms with van der Waals surface area (Å²) in [5, 5.41) is 5.89. The molecule has 8 heteroatoms. The molecule has 2 aromatic carbocycles. The first kappa shape index (κ1) is 20.0. The molecule has 0 aliphatic carbocycles. The number of nitrogens with one attached hydrogen (secondary N) is 1.